The van der Waals surface area contributed by atoms with E-state index in [1.54, 1.807) is 6.92 Å². The van der Waals surface area contributed by atoms with Crippen LogP contribution in [0.3, 0.4) is 0 Å². The summed E-state index contributed by atoms with van der Waals surface area (Å²) in [6.45, 7) is 2.02. The number of rotatable bonds is 4. The van der Waals surface area contributed by atoms with E-state index in [0.29, 0.717) is 13.0 Å². The number of carbonyl (C=O) groups is 1. The molecule has 19 heavy (non-hydrogen) atoms. The number of ether oxygens (including phenoxy) is 1. The molecule has 1 aliphatic heterocycles. The van der Waals surface area contributed by atoms with Crippen LogP contribution in [-0.2, 0) is 11.2 Å². The lowest BCUT2D eigenvalue weighted by atomic mass is 10.1. The summed E-state index contributed by atoms with van der Waals surface area (Å²) in [6, 6.07) is 1.42. The van der Waals surface area contributed by atoms with Gasteiger partial charge in [0.15, 0.2) is 11.6 Å². The maximum absolute atomic E-state index is 13.9. The molecule has 2 rings (SSSR count). The van der Waals surface area contributed by atoms with E-state index in [4.69, 9.17) is 9.84 Å². The number of hydrogen-bond acceptors (Lipinski definition) is 3. The predicted molar refractivity (Wildman–Crippen MR) is 64.2 cm³/mol. The SMILES string of the molecule is CCc1cc(F)cc(O[C@@H]2CN[C@H](C(=O)O)C2)c1F. The Kier molecular flexibility index (Phi) is 3.99. The Hall–Kier alpha value is -1.69. The summed E-state index contributed by atoms with van der Waals surface area (Å²) in [6.07, 6.45) is 0.120. The number of aryl methyl sites for hydroxylation is 1. The summed E-state index contributed by atoms with van der Waals surface area (Å²) in [5.41, 5.74) is 0.246. The quantitative estimate of drug-likeness (QED) is 0.875. The smallest absolute Gasteiger partial charge is 0.320 e. The van der Waals surface area contributed by atoms with Crippen molar-refractivity contribution in [3.8, 4) is 5.75 Å². The van der Waals surface area contributed by atoms with Gasteiger partial charge in [-0.25, -0.2) is 8.78 Å². The van der Waals surface area contributed by atoms with E-state index in [1.165, 1.54) is 0 Å². The monoisotopic (exact) mass is 271 g/mol. The fourth-order valence-corrected chi connectivity index (χ4v) is 2.12. The molecular formula is C13H15F2NO3. The molecule has 6 heteroatoms. The molecule has 4 nitrogen and oxygen atoms in total. The molecule has 104 valence electrons. The normalized spacial score (nSPS) is 22.5. The molecule has 0 radical (unpaired) electrons. The van der Waals surface area contributed by atoms with Gasteiger partial charge in [0.2, 0.25) is 0 Å². The third-order valence-corrected chi connectivity index (χ3v) is 3.14. The van der Waals surface area contributed by atoms with Crippen LogP contribution in [0.5, 0.6) is 5.75 Å². The predicted octanol–water partition coefficient (Wildman–Crippen LogP) is 1.72. The second-order valence-electron chi connectivity index (χ2n) is 4.51. The van der Waals surface area contributed by atoms with Crippen LogP contribution in [0.1, 0.15) is 18.9 Å². The van der Waals surface area contributed by atoms with E-state index in [0.717, 1.165) is 12.1 Å². The lowest BCUT2D eigenvalue weighted by molar-refractivity contribution is -0.139. The van der Waals surface area contributed by atoms with E-state index >= 15 is 0 Å². The average Bonchev–Trinajstić information content (AvgIpc) is 2.82. The van der Waals surface area contributed by atoms with E-state index in [2.05, 4.69) is 5.32 Å². The van der Waals surface area contributed by atoms with Crippen molar-refractivity contribution in [2.45, 2.75) is 31.9 Å². The van der Waals surface area contributed by atoms with Crippen molar-refractivity contribution in [3.05, 3.63) is 29.3 Å². The van der Waals surface area contributed by atoms with E-state index in [9.17, 15) is 13.6 Å². The summed E-state index contributed by atoms with van der Waals surface area (Å²) in [4.78, 5) is 10.8. The minimum atomic E-state index is -0.972. The molecule has 1 aromatic carbocycles. The third kappa shape index (κ3) is 3.01. The Morgan fingerprint density at radius 1 is 1.53 bits per heavy atom. The summed E-state index contributed by atoms with van der Waals surface area (Å²) in [5, 5.41) is 11.6. The van der Waals surface area contributed by atoms with Crippen LogP contribution in [0.2, 0.25) is 0 Å². The largest absolute Gasteiger partial charge is 0.486 e. The fourth-order valence-electron chi connectivity index (χ4n) is 2.12. The molecule has 0 spiro atoms. The van der Waals surface area contributed by atoms with Crippen molar-refractivity contribution < 1.29 is 23.4 Å². The van der Waals surface area contributed by atoms with Crippen LogP contribution < -0.4 is 10.1 Å². The average molecular weight is 271 g/mol. The third-order valence-electron chi connectivity index (χ3n) is 3.14. The topological polar surface area (TPSA) is 58.6 Å². The van der Waals surface area contributed by atoms with Crippen molar-refractivity contribution in [1.29, 1.82) is 0 Å². The zero-order valence-electron chi connectivity index (χ0n) is 10.5. The van der Waals surface area contributed by atoms with Gasteiger partial charge in [0.1, 0.15) is 18.0 Å². The molecule has 1 heterocycles. The number of nitrogens with one attached hydrogen (secondary N) is 1. The summed E-state index contributed by atoms with van der Waals surface area (Å²) < 4.78 is 32.6. The highest BCUT2D eigenvalue weighted by Crippen LogP contribution is 2.25. The lowest BCUT2D eigenvalue weighted by Crippen LogP contribution is -2.30. The Labute approximate surface area is 109 Å². The van der Waals surface area contributed by atoms with Crippen molar-refractivity contribution in [2.24, 2.45) is 0 Å². The first-order chi connectivity index (χ1) is 9.01. The van der Waals surface area contributed by atoms with Gasteiger partial charge in [-0.3, -0.25) is 4.79 Å². The van der Waals surface area contributed by atoms with Crippen LogP contribution in [0.4, 0.5) is 8.78 Å². The van der Waals surface area contributed by atoms with Gasteiger partial charge in [-0.05, 0) is 18.1 Å². The minimum Gasteiger partial charge on any atom is -0.486 e. The lowest BCUT2D eigenvalue weighted by Gasteiger charge is -2.14. The first-order valence-electron chi connectivity index (χ1n) is 6.12. The second-order valence-corrected chi connectivity index (χ2v) is 4.51. The standard InChI is InChI=1S/C13H15F2NO3/c1-2-7-3-8(14)4-11(12(7)15)19-9-5-10(13(17)18)16-6-9/h3-4,9-10,16H,2,5-6H2,1H3,(H,17,18)/t9-,10-/m0/s1. The Morgan fingerprint density at radius 2 is 2.26 bits per heavy atom. The molecule has 1 aliphatic rings. The molecule has 2 N–H and O–H groups in total. The van der Waals surface area contributed by atoms with Gasteiger partial charge in [0.25, 0.3) is 0 Å². The van der Waals surface area contributed by atoms with Gasteiger partial charge in [-0.15, -0.1) is 0 Å². The number of hydrogen-bond donors (Lipinski definition) is 2. The molecule has 0 saturated carbocycles. The molecular weight excluding hydrogens is 256 g/mol. The minimum absolute atomic E-state index is 0.158. The number of carboxylic acid groups (broad SMARTS) is 1. The Morgan fingerprint density at radius 3 is 2.84 bits per heavy atom. The van der Waals surface area contributed by atoms with Crippen molar-refractivity contribution in [1.82, 2.24) is 5.32 Å². The first-order valence-corrected chi connectivity index (χ1v) is 6.12. The van der Waals surface area contributed by atoms with Gasteiger partial charge in [-0.2, -0.15) is 0 Å². The molecule has 0 unspecified atom stereocenters. The van der Waals surface area contributed by atoms with Crippen LogP contribution >= 0.6 is 0 Å². The van der Waals surface area contributed by atoms with E-state index in [1.807, 2.05) is 0 Å². The summed E-state index contributed by atoms with van der Waals surface area (Å²) in [7, 11) is 0. The first kappa shape index (κ1) is 13.7. The van der Waals surface area contributed by atoms with E-state index < -0.39 is 29.7 Å². The Bertz CT molecular complexity index is 493. The van der Waals surface area contributed by atoms with Crippen molar-refractivity contribution >= 4 is 5.97 Å². The molecule has 1 aromatic rings. The molecule has 0 amide bonds. The van der Waals surface area contributed by atoms with Crippen LogP contribution in [0, 0.1) is 11.6 Å². The van der Waals surface area contributed by atoms with Crippen LogP contribution in [0.25, 0.3) is 0 Å². The Balaban J connectivity index is 2.12. The highest BCUT2D eigenvalue weighted by Gasteiger charge is 2.31. The van der Waals surface area contributed by atoms with Crippen LogP contribution in [0.15, 0.2) is 12.1 Å². The van der Waals surface area contributed by atoms with Gasteiger partial charge >= 0.3 is 5.97 Å². The maximum Gasteiger partial charge on any atom is 0.320 e. The van der Waals surface area contributed by atoms with Gasteiger partial charge in [-0.1, -0.05) is 6.92 Å². The van der Waals surface area contributed by atoms with Crippen molar-refractivity contribution in [2.75, 3.05) is 6.54 Å². The van der Waals surface area contributed by atoms with Gasteiger partial charge in [0, 0.05) is 19.0 Å². The summed E-state index contributed by atoms with van der Waals surface area (Å²) in [5.74, 6) is -2.27. The second kappa shape index (κ2) is 5.52. The number of halogens is 2. The molecule has 0 aliphatic carbocycles. The molecule has 2 atom stereocenters. The number of aliphatic carboxylic acids is 1. The molecule has 1 fully saturated rings. The molecule has 0 aromatic heterocycles. The fraction of sp³-hybridized carbons (Fsp3) is 0.462. The van der Waals surface area contributed by atoms with Crippen LogP contribution in [-0.4, -0.2) is 29.8 Å². The number of benzene rings is 1. The van der Waals surface area contributed by atoms with E-state index in [-0.39, 0.29) is 17.7 Å². The van der Waals surface area contributed by atoms with Gasteiger partial charge < -0.3 is 15.2 Å². The highest BCUT2D eigenvalue weighted by atomic mass is 19.1. The molecule has 0 bridgehead atoms. The number of carboxylic acids is 1. The maximum atomic E-state index is 13.9. The zero-order chi connectivity index (χ0) is 14.0. The zero-order valence-corrected chi connectivity index (χ0v) is 10.5. The molecule has 1 saturated heterocycles. The van der Waals surface area contributed by atoms with Crippen molar-refractivity contribution in [3.63, 3.8) is 0 Å². The highest BCUT2D eigenvalue weighted by molar-refractivity contribution is 5.73. The summed E-state index contributed by atoms with van der Waals surface area (Å²) >= 11 is 0. The van der Waals surface area contributed by atoms with Gasteiger partial charge in [0.05, 0.1) is 0 Å².